The molecule has 2 nitrogen and oxygen atoms in total. The average molecular weight is 479 g/mol. The summed E-state index contributed by atoms with van der Waals surface area (Å²) >= 11 is 0. The molecular weight excluding hydrogens is 416 g/mol. The van der Waals surface area contributed by atoms with E-state index in [2.05, 4.69) is 47.6 Å². The largest absolute Gasteiger partial charge is 0.461 e. The Hall–Kier alpha value is -0.790. The third-order valence-corrected chi connectivity index (χ3v) is 7.30. The van der Waals surface area contributed by atoms with Crippen molar-refractivity contribution in [2.24, 2.45) is 17.8 Å². The first-order valence-corrected chi connectivity index (χ1v) is 15.2. The Morgan fingerprint density at radius 1 is 0.647 bits per heavy atom. The molecule has 0 spiro atoms. The number of esters is 1. The van der Waals surface area contributed by atoms with E-state index in [4.69, 9.17) is 4.74 Å². The molecule has 0 aromatic heterocycles. The zero-order valence-corrected chi connectivity index (χ0v) is 24.3. The molecule has 0 aromatic rings. The first-order valence-electron chi connectivity index (χ1n) is 15.2. The zero-order valence-electron chi connectivity index (χ0n) is 24.3. The Kier molecular flexibility index (Phi) is 23.4. The Labute approximate surface area is 215 Å². The molecule has 2 atom stereocenters. The van der Waals surface area contributed by atoms with Crippen LogP contribution in [0.2, 0.25) is 0 Å². The molecule has 2 heteroatoms. The lowest BCUT2D eigenvalue weighted by molar-refractivity contribution is -0.142. The van der Waals surface area contributed by atoms with Crippen LogP contribution < -0.4 is 0 Å². The highest BCUT2D eigenvalue weighted by atomic mass is 16.5. The van der Waals surface area contributed by atoms with Crippen molar-refractivity contribution in [1.82, 2.24) is 0 Å². The van der Waals surface area contributed by atoms with Gasteiger partial charge in [0.2, 0.25) is 0 Å². The minimum atomic E-state index is -0.0287. The minimum absolute atomic E-state index is 0.0287. The fourth-order valence-corrected chi connectivity index (χ4v) is 4.74. The highest BCUT2D eigenvalue weighted by Crippen LogP contribution is 2.22. The predicted octanol–water partition coefficient (Wildman–Crippen LogP) is 10.8. The van der Waals surface area contributed by atoms with Crippen LogP contribution in [-0.2, 0) is 9.53 Å². The Morgan fingerprint density at radius 2 is 1.15 bits per heavy atom. The quantitative estimate of drug-likeness (QED) is 0.0783. The number of ether oxygens (including phenoxy) is 1. The summed E-state index contributed by atoms with van der Waals surface area (Å²) in [5, 5.41) is 0. The van der Waals surface area contributed by atoms with Gasteiger partial charge in [0.1, 0.15) is 6.61 Å². The summed E-state index contributed by atoms with van der Waals surface area (Å²) in [6.07, 6.45) is 26.2. The maximum Gasteiger partial charge on any atom is 0.306 e. The van der Waals surface area contributed by atoms with Crippen LogP contribution in [0.5, 0.6) is 0 Å². The van der Waals surface area contributed by atoms with Crippen LogP contribution in [0.1, 0.15) is 164 Å². The third-order valence-electron chi connectivity index (χ3n) is 7.30. The molecular formula is C32H62O2. The van der Waals surface area contributed by atoms with Crippen molar-refractivity contribution in [2.75, 3.05) is 6.61 Å². The van der Waals surface area contributed by atoms with Gasteiger partial charge in [0.25, 0.3) is 0 Å². The summed E-state index contributed by atoms with van der Waals surface area (Å²) in [5.74, 6) is 2.53. The van der Waals surface area contributed by atoms with Crippen molar-refractivity contribution in [3.05, 3.63) is 11.6 Å². The van der Waals surface area contributed by atoms with Crippen LogP contribution in [0.15, 0.2) is 11.6 Å². The fraction of sp³-hybridized carbons (Fsp3) is 0.906. The van der Waals surface area contributed by atoms with Crippen molar-refractivity contribution < 1.29 is 9.53 Å². The second-order valence-electron chi connectivity index (χ2n) is 11.7. The number of allylic oxidation sites excluding steroid dienone is 1. The smallest absolute Gasteiger partial charge is 0.306 e. The molecule has 0 aromatic carbocycles. The molecule has 0 N–H and O–H groups in total. The molecule has 202 valence electrons. The molecule has 0 fully saturated rings. The van der Waals surface area contributed by atoms with Crippen molar-refractivity contribution in [3.63, 3.8) is 0 Å². The van der Waals surface area contributed by atoms with E-state index in [9.17, 15) is 4.79 Å². The summed E-state index contributed by atoms with van der Waals surface area (Å²) in [6, 6.07) is 0. The van der Waals surface area contributed by atoms with E-state index >= 15 is 0 Å². The monoisotopic (exact) mass is 478 g/mol. The summed E-state index contributed by atoms with van der Waals surface area (Å²) in [5.41, 5.74) is 1.36. The van der Waals surface area contributed by atoms with Gasteiger partial charge in [-0.3, -0.25) is 4.79 Å². The molecule has 2 unspecified atom stereocenters. The molecule has 0 radical (unpaired) electrons. The molecule has 0 bridgehead atoms. The molecule has 0 aliphatic rings. The average Bonchev–Trinajstić information content (AvgIpc) is 2.77. The maximum absolute atomic E-state index is 11.9. The van der Waals surface area contributed by atoms with Gasteiger partial charge in [-0.15, -0.1) is 0 Å². The summed E-state index contributed by atoms with van der Waals surface area (Å²) in [6.45, 7) is 14.4. The maximum atomic E-state index is 11.9. The van der Waals surface area contributed by atoms with E-state index in [1.807, 2.05) is 0 Å². The van der Waals surface area contributed by atoms with Crippen molar-refractivity contribution in [3.8, 4) is 0 Å². The van der Waals surface area contributed by atoms with Gasteiger partial charge in [0.15, 0.2) is 0 Å². The molecule has 0 saturated heterocycles. The molecule has 0 rings (SSSR count). The number of unbranched alkanes of at least 4 members (excludes halogenated alkanes) is 8. The zero-order chi connectivity index (χ0) is 25.4. The first-order chi connectivity index (χ1) is 16.3. The van der Waals surface area contributed by atoms with Crippen molar-refractivity contribution >= 4 is 5.97 Å². The number of rotatable bonds is 24. The summed E-state index contributed by atoms with van der Waals surface area (Å²) < 4.78 is 5.41. The first kappa shape index (κ1) is 33.2. The lowest BCUT2D eigenvalue weighted by atomic mass is 9.91. The second-order valence-corrected chi connectivity index (χ2v) is 11.7. The molecule has 0 heterocycles. The molecule has 0 aliphatic heterocycles. The number of hydrogen-bond donors (Lipinski definition) is 0. The third kappa shape index (κ3) is 24.3. The second kappa shape index (κ2) is 23.9. The summed E-state index contributed by atoms with van der Waals surface area (Å²) in [4.78, 5) is 11.9. The standard InChI is InChI=1S/C32H62O2/c1-7-8-9-10-11-12-13-14-15-25-32(33)34-27-26-31(6)24-18-23-30(5)22-17-21-29(4)20-16-19-28(2)3/h26,28-30H,7-25,27H2,1-6H3. The number of carbonyl (C=O) groups excluding carboxylic acids is 1. The molecule has 0 aliphatic carbocycles. The van der Waals surface area contributed by atoms with E-state index in [0.29, 0.717) is 13.0 Å². The lowest BCUT2D eigenvalue weighted by Gasteiger charge is -2.15. The summed E-state index contributed by atoms with van der Waals surface area (Å²) in [7, 11) is 0. The Balaban J connectivity index is 3.62. The van der Waals surface area contributed by atoms with E-state index in [-0.39, 0.29) is 5.97 Å². The van der Waals surface area contributed by atoms with E-state index in [1.165, 1.54) is 102 Å². The van der Waals surface area contributed by atoms with Gasteiger partial charge in [-0.25, -0.2) is 0 Å². The van der Waals surface area contributed by atoms with Gasteiger partial charge < -0.3 is 4.74 Å². The topological polar surface area (TPSA) is 26.3 Å². The van der Waals surface area contributed by atoms with E-state index < -0.39 is 0 Å². The SMILES string of the molecule is CCCCCCCCCCCC(=O)OCC=C(C)CCCC(C)CCCC(C)CCCC(C)C. The van der Waals surface area contributed by atoms with E-state index in [0.717, 1.165) is 37.0 Å². The Bertz CT molecular complexity index is 479. The fourth-order valence-electron chi connectivity index (χ4n) is 4.74. The van der Waals surface area contributed by atoms with Gasteiger partial charge in [0.05, 0.1) is 0 Å². The van der Waals surface area contributed by atoms with Gasteiger partial charge in [-0.2, -0.15) is 0 Å². The normalized spacial score (nSPS) is 13.9. The minimum Gasteiger partial charge on any atom is -0.461 e. The van der Waals surface area contributed by atoms with Crippen LogP contribution in [0.4, 0.5) is 0 Å². The van der Waals surface area contributed by atoms with Crippen LogP contribution in [0.3, 0.4) is 0 Å². The van der Waals surface area contributed by atoms with E-state index in [1.54, 1.807) is 0 Å². The van der Waals surface area contributed by atoms with Crippen LogP contribution >= 0.6 is 0 Å². The Morgan fingerprint density at radius 3 is 1.71 bits per heavy atom. The van der Waals surface area contributed by atoms with Gasteiger partial charge >= 0.3 is 5.97 Å². The number of carbonyl (C=O) groups is 1. The molecule has 0 amide bonds. The van der Waals surface area contributed by atoms with Crippen LogP contribution in [0.25, 0.3) is 0 Å². The lowest BCUT2D eigenvalue weighted by Crippen LogP contribution is -2.04. The number of hydrogen-bond acceptors (Lipinski definition) is 2. The van der Waals surface area contributed by atoms with Gasteiger partial charge in [-0.05, 0) is 50.0 Å². The van der Waals surface area contributed by atoms with Crippen molar-refractivity contribution in [2.45, 2.75) is 164 Å². The van der Waals surface area contributed by atoms with Crippen molar-refractivity contribution in [1.29, 1.82) is 0 Å². The van der Waals surface area contributed by atoms with Gasteiger partial charge in [-0.1, -0.05) is 137 Å². The van der Waals surface area contributed by atoms with Gasteiger partial charge in [0, 0.05) is 6.42 Å². The molecule has 0 saturated carbocycles. The highest BCUT2D eigenvalue weighted by Gasteiger charge is 2.07. The van der Waals surface area contributed by atoms with Crippen LogP contribution in [-0.4, -0.2) is 12.6 Å². The van der Waals surface area contributed by atoms with Crippen LogP contribution in [0, 0.1) is 17.8 Å². The highest BCUT2D eigenvalue weighted by molar-refractivity contribution is 5.69. The molecule has 34 heavy (non-hydrogen) atoms. The predicted molar refractivity (Wildman–Crippen MR) is 151 cm³/mol.